The van der Waals surface area contributed by atoms with Crippen molar-refractivity contribution in [3.63, 3.8) is 0 Å². The predicted molar refractivity (Wildman–Crippen MR) is 141 cm³/mol. The zero-order valence-corrected chi connectivity index (χ0v) is 20.9. The number of carbonyl (C=O) groups excluding carboxylic acids is 1. The lowest BCUT2D eigenvalue weighted by Gasteiger charge is -2.14. The number of nitrogens with one attached hydrogen (secondary N) is 1. The lowest BCUT2D eigenvalue weighted by Crippen LogP contribution is -2.19. The van der Waals surface area contributed by atoms with E-state index in [9.17, 15) is 14.0 Å². The fourth-order valence-electron chi connectivity index (χ4n) is 3.48. The molecule has 2 aromatic carbocycles. The summed E-state index contributed by atoms with van der Waals surface area (Å²) in [6.07, 6.45) is 8.44. The zero-order valence-electron chi connectivity index (χ0n) is 19.2. The summed E-state index contributed by atoms with van der Waals surface area (Å²) < 4.78 is 15.1. The molecule has 5 rings (SSSR count). The first-order valence-electron chi connectivity index (χ1n) is 11.1. The van der Waals surface area contributed by atoms with E-state index in [4.69, 9.17) is 0 Å². The van der Waals surface area contributed by atoms with Crippen LogP contribution < -0.4 is 10.9 Å². The Bertz CT molecular complexity index is 1560. The zero-order chi connectivity index (χ0) is 25.6. The maximum Gasteiger partial charge on any atom is 0.277 e. The number of anilines is 1. The van der Waals surface area contributed by atoms with Crippen LogP contribution in [0, 0.1) is 5.82 Å². The molecule has 0 fully saturated rings. The molecule has 0 aliphatic heterocycles. The number of hydrogen-bond donors (Lipinski definition) is 1. The number of nitrogens with zero attached hydrogens (tertiary/aromatic N) is 5. The first-order chi connectivity index (χ1) is 18.0. The summed E-state index contributed by atoms with van der Waals surface area (Å²) in [7, 11) is 0. The van der Waals surface area contributed by atoms with Crippen molar-refractivity contribution in [1.82, 2.24) is 24.5 Å². The molecule has 8 nitrogen and oxygen atoms in total. The monoisotopic (exact) mass is 530 g/mol. The molecule has 0 saturated heterocycles. The van der Waals surface area contributed by atoms with Crippen LogP contribution in [0.5, 0.6) is 0 Å². The van der Waals surface area contributed by atoms with Gasteiger partial charge in [-0.3, -0.25) is 19.5 Å². The van der Waals surface area contributed by atoms with Crippen LogP contribution in [0.1, 0.15) is 27.0 Å². The van der Waals surface area contributed by atoms with E-state index in [-0.39, 0.29) is 17.3 Å². The third-order valence-electron chi connectivity index (χ3n) is 5.31. The van der Waals surface area contributed by atoms with Gasteiger partial charge in [0.05, 0.1) is 0 Å². The molecule has 0 aliphatic rings. The minimum atomic E-state index is -0.346. The largest absolute Gasteiger partial charge is 0.298 e. The third kappa shape index (κ3) is 6.13. The van der Waals surface area contributed by atoms with Gasteiger partial charge in [0, 0.05) is 59.2 Å². The number of halogens is 1. The Hall–Kier alpha value is -4.22. The van der Waals surface area contributed by atoms with Gasteiger partial charge in [-0.25, -0.2) is 19.3 Å². The highest BCUT2D eigenvalue weighted by molar-refractivity contribution is 7.98. The van der Waals surface area contributed by atoms with Gasteiger partial charge >= 0.3 is 0 Å². The van der Waals surface area contributed by atoms with Gasteiger partial charge in [-0.1, -0.05) is 23.9 Å². The summed E-state index contributed by atoms with van der Waals surface area (Å²) in [6, 6.07) is 13.2. The molecule has 5 aromatic rings. The van der Waals surface area contributed by atoms with Gasteiger partial charge in [-0.05, 0) is 47.5 Å². The summed E-state index contributed by atoms with van der Waals surface area (Å²) in [6.45, 7) is 0. The fraction of sp³-hybridized carbons (Fsp3) is 0.0769. The number of carbonyl (C=O) groups is 1. The average Bonchev–Trinajstić information content (AvgIpc) is 3.43. The second-order valence-corrected chi connectivity index (χ2v) is 9.74. The maximum absolute atomic E-state index is 13.3. The van der Waals surface area contributed by atoms with Crippen molar-refractivity contribution in [2.24, 2.45) is 0 Å². The number of thioether (sulfide) groups is 1. The van der Waals surface area contributed by atoms with Crippen molar-refractivity contribution in [2.75, 3.05) is 5.32 Å². The van der Waals surface area contributed by atoms with Gasteiger partial charge in [0.25, 0.3) is 11.5 Å². The van der Waals surface area contributed by atoms with E-state index < -0.39 is 0 Å². The van der Waals surface area contributed by atoms with Crippen LogP contribution in [0.3, 0.4) is 0 Å². The number of hydrogen-bond acceptors (Lipinski definition) is 8. The molecule has 1 amide bonds. The molecule has 11 heteroatoms. The van der Waals surface area contributed by atoms with E-state index in [1.165, 1.54) is 41.6 Å². The molecular weight excluding hydrogens is 511 g/mol. The first kappa shape index (κ1) is 24.5. The number of benzene rings is 2. The minimum absolute atomic E-state index is 0.268. The van der Waals surface area contributed by atoms with Crippen LogP contribution in [-0.2, 0) is 12.2 Å². The molecule has 0 saturated carbocycles. The summed E-state index contributed by atoms with van der Waals surface area (Å²) in [5.41, 5.74) is 3.01. The van der Waals surface area contributed by atoms with Crippen LogP contribution in [0.2, 0.25) is 0 Å². The molecule has 0 spiro atoms. The molecular formula is C26H19FN6O2S2. The fourth-order valence-corrected chi connectivity index (χ4v) is 4.94. The molecule has 0 aliphatic carbocycles. The Morgan fingerprint density at radius 2 is 1.78 bits per heavy atom. The Balaban J connectivity index is 1.45. The Kier molecular flexibility index (Phi) is 7.43. The average molecular weight is 531 g/mol. The van der Waals surface area contributed by atoms with Crippen LogP contribution in [0.15, 0.2) is 95.0 Å². The number of thiazole rings is 1. The van der Waals surface area contributed by atoms with Crippen molar-refractivity contribution in [1.29, 1.82) is 0 Å². The Labute approximate surface area is 219 Å². The second-order valence-electron chi connectivity index (χ2n) is 7.90. The van der Waals surface area contributed by atoms with Gasteiger partial charge in [0.2, 0.25) is 0 Å². The highest BCUT2D eigenvalue weighted by atomic mass is 32.2. The predicted octanol–water partition coefficient (Wildman–Crippen LogP) is 4.75. The molecule has 184 valence electrons. The molecule has 1 N–H and O–H groups in total. The van der Waals surface area contributed by atoms with E-state index in [1.54, 1.807) is 66.6 Å². The topological polar surface area (TPSA) is 103 Å². The maximum atomic E-state index is 13.3. The molecule has 3 aromatic heterocycles. The smallest absolute Gasteiger partial charge is 0.277 e. The SMILES string of the molecule is O=C(Nc1nccs1)c1ccc(-n2cc(Cc3cncnc3)c(=O)nc2SCc2ccc(F)cc2)cc1. The van der Waals surface area contributed by atoms with E-state index >= 15 is 0 Å². The molecule has 0 unspecified atom stereocenters. The van der Waals surface area contributed by atoms with Crippen molar-refractivity contribution < 1.29 is 9.18 Å². The molecule has 3 heterocycles. The number of amides is 1. The summed E-state index contributed by atoms with van der Waals surface area (Å²) >= 11 is 2.70. The quantitative estimate of drug-likeness (QED) is 0.228. The van der Waals surface area contributed by atoms with Crippen molar-refractivity contribution in [2.45, 2.75) is 17.3 Å². The van der Waals surface area contributed by atoms with Crippen LogP contribution >= 0.6 is 23.1 Å². The minimum Gasteiger partial charge on any atom is -0.298 e. The molecule has 0 atom stereocenters. The van der Waals surface area contributed by atoms with E-state index in [2.05, 4.69) is 25.3 Å². The number of aromatic nitrogens is 5. The molecule has 37 heavy (non-hydrogen) atoms. The van der Waals surface area contributed by atoms with E-state index in [0.29, 0.717) is 33.6 Å². The lowest BCUT2D eigenvalue weighted by molar-refractivity contribution is 0.102. The van der Waals surface area contributed by atoms with E-state index in [1.807, 2.05) is 4.57 Å². The van der Waals surface area contributed by atoms with Crippen molar-refractivity contribution in [3.05, 3.63) is 123 Å². The first-order valence-corrected chi connectivity index (χ1v) is 13.0. The standard InChI is InChI=1S/C26H19FN6O2S2/c27-21-5-1-17(2-6-21)15-37-26-32-24(35)20(11-18-12-28-16-29-13-18)14-33(26)22-7-3-19(4-8-22)23(34)31-25-30-9-10-36-25/h1-10,12-14,16H,11,15H2,(H,30,31,34). The lowest BCUT2D eigenvalue weighted by atomic mass is 10.1. The van der Waals surface area contributed by atoms with Gasteiger partial charge in [-0.2, -0.15) is 4.98 Å². The van der Waals surface area contributed by atoms with Gasteiger partial charge in [0.1, 0.15) is 12.1 Å². The molecule has 0 bridgehead atoms. The highest BCUT2D eigenvalue weighted by Crippen LogP contribution is 2.24. The van der Waals surface area contributed by atoms with Gasteiger partial charge < -0.3 is 0 Å². The summed E-state index contributed by atoms with van der Waals surface area (Å²) in [5.74, 6) is -0.0837. The third-order valence-corrected chi connectivity index (χ3v) is 7.03. The highest BCUT2D eigenvalue weighted by Gasteiger charge is 2.14. The van der Waals surface area contributed by atoms with Gasteiger partial charge in [0.15, 0.2) is 10.3 Å². The Morgan fingerprint density at radius 1 is 1.03 bits per heavy atom. The van der Waals surface area contributed by atoms with Crippen LogP contribution in [-0.4, -0.2) is 30.4 Å². The molecule has 0 radical (unpaired) electrons. The number of rotatable bonds is 8. The van der Waals surface area contributed by atoms with Gasteiger partial charge in [-0.15, -0.1) is 11.3 Å². The van der Waals surface area contributed by atoms with Crippen molar-refractivity contribution >= 4 is 34.1 Å². The Morgan fingerprint density at radius 3 is 2.49 bits per heavy atom. The van der Waals surface area contributed by atoms with Crippen LogP contribution in [0.25, 0.3) is 5.69 Å². The van der Waals surface area contributed by atoms with Crippen LogP contribution in [0.4, 0.5) is 9.52 Å². The van der Waals surface area contributed by atoms with E-state index in [0.717, 1.165) is 16.8 Å². The summed E-state index contributed by atoms with van der Waals surface area (Å²) in [4.78, 5) is 41.9. The normalized spacial score (nSPS) is 10.8. The second kappa shape index (κ2) is 11.2. The van der Waals surface area contributed by atoms with Crippen molar-refractivity contribution in [3.8, 4) is 5.69 Å². The summed E-state index contributed by atoms with van der Waals surface area (Å²) in [5, 5.41) is 5.54.